The number of aliphatic hydroxyl groups is 4. The Labute approximate surface area is 263 Å². The molecule has 0 aromatic rings. The molecule has 0 spiro atoms. The number of hydrogen-bond acceptors (Lipinski definition) is 13. The van der Waals surface area contributed by atoms with Crippen LogP contribution in [-0.4, -0.2) is 111 Å². The summed E-state index contributed by atoms with van der Waals surface area (Å²) in [6.07, 6.45) is -14.5. The van der Waals surface area contributed by atoms with Gasteiger partial charge < -0.3 is 66.5 Å². The molecule has 0 amide bonds. The number of nitrogens with one attached hydrogen (secondary N) is 1. The molecule has 34 heavy (non-hydrogen) atoms. The third kappa shape index (κ3) is 12.7. The van der Waals surface area contributed by atoms with E-state index in [2.05, 4.69) is 6.92 Å². The first-order valence-electron chi connectivity index (χ1n) is 8.82. The molecule has 2 heterocycles. The summed E-state index contributed by atoms with van der Waals surface area (Å²) in [5, 5.41) is 51.3. The van der Waals surface area contributed by atoms with Crippen molar-refractivity contribution in [2.75, 3.05) is 0 Å². The summed E-state index contributed by atoms with van der Waals surface area (Å²) in [5.41, 5.74) is 7.84. The van der Waals surface area contributed by atoms with E-state index in [-0.39, 0.29) is 88.7 Å². The zero-order valence-electron chi connectivity index (χ0n) is 19.4. The molecule has 15 nitrogen and oxygen atoms in total. The fourth-order valence-corrected chi connectivity index (χ4v) is 2.76. The molecule has 6 N–H and O–H groups in total. The number of carboxylic acid groups (broad SMARTS) is 1. The van der Waals surface area contributed by atoms with Gasteiger partial charge in [0.05, 0.1) is 24.3 Å². The van der Waals surface area contributed by atoms with Crippen LogP contribution in [-0.2, 0) is 34.1 Å². The predicted octanol–water partition coefficient (Wildman–Crippen LogP) is -13.3. The maximum absolute atomic E-state index is 11.4. The molecule has 0 aromatic heterocycles. The van der Waals surface area contributed by atoms with Crippen LogP contribution in [0.5, 0.6) is 0 Å². The van der Waals surface area contributed by atoms with E-state index in [1.54, 1.807) is 13.8 Å². The second-order valence-electron chi connectivity index (χ2n) is 6.99. The van der Waals surface area contributed by atoms with Gasteiger partial charge in [0.2, 0.25) is 10.4 Å². The molecule has 0 aliphatic carbocycles. The third-order valence-corrected chi connectivity index (χ3v) is 4.18. The second-order valence-corrected chi connectivity index (χ2v) is 7.84. The average Bonchev–Trinajstić information content (AvgIpc) is 2.61. The molecule has 0 saturated carbocycles. The fraction of sp³-hybridized carbons (Fsp3) is 0.867. The Morgan fingerprint density at radius 3 is 1.88 bits per heavy atom. The minimum atomic E-state index is -4.92. The molecule has 10 atom stereocenters. The standard InChI is InChI=1S/C15H25NO10.3Na.H2O4S/c1-4(2)23-15-10(20)9(19)11(12(26-15)13(21)22)25-14-6(16)8(18)7(17)5(3)24-14;;;;1-5(2,3)4/h4-12,14-20H,3H2,1-2H3,(H,21,22);;;;(H2,1,2,3,4)/q-2;3*+1;/p-2/t5?,6?,7-,8-,9-,10?,11+,12?,14-,15-;;;;/m1..../s1. The second kappa shape index (κ2) is 17.5. The van der Waals surface area contributed by atoms with Crippen molar-refractivity contribution in [3.63, 3.8) is 0 Å². The fourth-order valence-electron chi connectivity index (χ4n) is 2.76. The number of carbonyl (C=O) groups excluding carboxylic acids is 1. The van der Waals surface area contributed by atoms with Gasteiger partial charge in [0.25, 0.3) is 0 Å². The summed E-state index contributed by atoms with van der Waals surface area (Å²) < 4.78 is 53.7. The number of carbonyl (C=O) groups is 1. The zero-order chi connectivity index (χ0) is 24.3. The minimum Gasteiger partial charge on any atom is -0.726 e. The van der Waals surface area contributed by atoms with E-state index in [0.717, 1.165) is 0 Å². The Balaban J connectivity index is -0.00000109. The molecule has 0 bridgehead atoms. The Morgan fingerprint density at radius 2 is 1.47 bits per heavy atom. The number of rotatable bonds is 5. The summed E-state index contributed by atoms with van der Waals surface area (Å²) in [4.78, 5) is 11.4. The molecule has 4 unspecified atom stereocenters. The maximum Gasteiger partial charge on any atom is 1.00 e. The van der Waals surface area contributed by atoms with Gasteiger partial charge in [0.1, 0.15) is 30.7 Å². The summed E-state index contributed by atoms with van der Waals surface area (Å²) >= 11 is 0. The van der Waals surface area contributed by atoms with E-state index in [4.69, 9.17) is 42.2 Å². The molecule has 19 heteroatoms. The number of aliphatic hydroxyl groups excluding tert-OH is 4. The van der Waals surface area contributed by atoms with Crippen LogP contribution < -0.4 is 93.8 Å². The Kier molecular flexibility index (Phi) is 20.9. The van der Waals surface area contributed by atoms with Gasteiger partial charge in [-0.3, -0.25) is 4.55 Å². The van der Waals surface area contributed by atoms with Gasteiger partial charge in [-0.15, -0.1) is 0 Å². The van der Waals surface area contributed by atoms with Gasteiger partial charge in [-0.25, -0.2) is 8.42 Å². The van der Waals surface area contributed by atoms with E-state index in [1.807, 2.05) is 0 Å². The molecular weight excluding hydrogens is 519 g/mol. The van der Waals surface area contributed by atoms with Crippen LogP contribution >= 0.6 is 0 Å². The smallest absolute Gasteiger partial charge is 0.726 e. The van der Waals surface area contributed by atoms with Crippen LogP contribution in [0, 0.1) is 6.92 Å². The summed E-state index contributed by atoms with van der Waals surface area (Å²) in [6.45, 7) is 6.70. The van der Waals surface area contributed by atoms with Crippen LogP contribution in [0.1, 0.15) is 13.8 Å². The number of ether oxygens (including phenoxy) is 4. The summed E-state index contributed by atoms with van der Waals surface area (Å²) in [6, 6.07) is -1.51. The van der Waals surface area contributed by atoms with Crippen molar-refractivity contribution < 1.29 is 155 Å². The van der Waals surface area contributed by atoms with Gasteiger partial charge in [-0.1, -0.05) is 6.04 Å². The summed E-state index contributed by atoms with van der Waals surface area (Å²) in [7, 11) is -4.92. The molecule has 2 aliphatic heterocycles. The molecule has 0 aromatic carbocycles. The van der Waals surface area contributed by atoms with Crippen LogP contribution in [0.4, 0.5) is 0 Å². The molecule has 2 fully saturated rings. The van der Waals surface area contributed by atoms with Crippen LogP contribution in [0.25, 0.3) is 5.73 Å². The number of aliphatic carboxylic acids is 1. The molecular formula is C15H25NNa3O14S-. The summed E-state index contributed by atoms with van der Waals surface area (Å²) in [5.74, 6) is -1.73. The van der Waals surface area contributed by atoms with Crippen LogP contribution in [0.15, 0.2) is 0 Å². The molecule has 2 saturated heterocycles. The normalized spacial score (nSPS) is 37.7. The van der Waals surface area contributed by atoms with Crippen molar-refractivity contribution in [2.24, 2.45) is 0 Å². The van der Waals surface area contributed by atoms with Gasteiger partial charge in [0, 0.05) is 0 Å². The molecule has 2 rings (SSSR count). The first kappa shape index (κ1) is 40.5. The van der Waals surface area contributed by atoms with Gasteiger partial charge in [-0.2, -0.15) is 0 Å². The maximum atomic E-state index is 11.4. The first-order valence-corrected chi connectivity index (χ1v) is 10.2. The monoisotopic (exact) mass is 544 g/mol. The number of hydrogen-bond donors (Lipinski definition) is 5. The molecule has 2 aliphatic rings. The van der Waals surface area contributed by atoms with E-state index < -0.39 is 83.8 Å². The molecule has 184 valence electrons. The van der Waals surface area contributed by atoms with Gasteiger partial charge in [-0.05, 0) is 20.0 Å². The molecule has 0 radical (unpaired) electrons. The Bertz CT molecular complexity index is 696. The topological polar surface area (TPSA) is 259 Å². The van der Waals surface area contributed by atoms with Crippen molar-refractivity contribution in [3.05, 3.63) is 12.7 Å². The van der Waals surface area contributed by atoms with Crippen LogP contribution in [0.3, 0.4) is 0 Å². The van der Waals surface area contributed by atoms with Crippen molar-refractivity contribution in [1.82, 2.24) is 0 Å². The average molecular weight is 544 g/mol. The van der Waals surface area contributed by atoms with Crippen LogP contribution in [0.2, 0.25) is 0 Å². The Morgan fingerprint density at radius 1 is 1.00 bits per heavy atom. The third-order valence-electron chi connectivity index (χ3n) is 4.18. The van der Waals surface area contributed by atoms with E-state index in [9.17, 15) is 30.3 Å². The van der Waals surface area contributed by atoms with Gasteiger partial charge in [0.15, 0.2) is 6.29 Å². The number of carboxylic acids is 1. The SMILES string of the molecule is O=S(=O)([O-])O.[CH2-]C1O[C@H](O[C@@H]2C(C(=O)[O-])O[C@@H](OC(C)C)C(O)[C@H]2O)C([NH-])[C@@H](O)[C@@H]1O.[Na+].[Na+].[Na+]. The van der Waals surface area contributed by atoms with Crippen molar-refractivity contribution >= 4 is 16.4 Å². The first-order chi connectivity index (χ1) is 14.0. The minimum absolute atomic E-state index is 0. The quantitative estimate of drug-likeness (QED) is 0.0932. The largest absolute Gasteiger partial charge is 1.00 e. The van der Waals surface area contributed by atoms with E-state index in [1.165, 1.54) is 0 Å². The van der Waals surface area contributed by atoms with Crippen molar-refractivity contribution in [2.45, 2.75) is 81.3 Å². The Hall–Kier alpha value is 1.98. The van der Waals surface area contributed by atoms with Crippen molar-refractivity contribution in [3.8, 4) is 0 Å². The zero-order valence-corrected chi connectivity index (χ0v) is 26.2. The predicted molar refractivity (Wildman–Crippen MR) is 93.2 cm³/mol. The van der Waals surface area contributed by atoms with E-state index in [0.29, 0.717) is 0 Å². The van der Waals surface area contributed by atoms with Gasteiger partial charge >= 0.3 is 88.7 Å². The van der Waals surface area contributed by atoms with Crippen molar-refractivity contribution in [1.29, 1.82) is 0 Å². The van der Waals surface area contributed by atoms with E-state index >= 15 is 0 Å².